The molecule has 2 aromatic rings. The maximum atomic E-state index is 12.5. The van der Waals surface area contributed by atoms with Crippen LogP contribution in [0.3, 0.4) is 0 Å². The summed E-state index contributed by atoms with van der Waals surface area (Å²) in [4.78, 5) is 22.1. The van der Waals surface area contributed by atoms with Crippen molar-refractivity contribution >= 4 is 23.9 Å². The van der Waals surface area contributed by atoms with Crippen molar-refractivity contribution in [3.05, 3.63) is 66.0 Å². The van der Waals surface area contributed by atoms with Crippen LogP contribution in [0.2, 0.25) is 0 Å². The number of unbranched alkanes of at least 4 members (excludes halogenated alkanes) is 2. The third-order valence-corrected chi connectivity index (χ3v) is 5.65. The maximum absolute atomic E-state index is 12.5. The summed E-state index contributed by atoms with van der Waals surface area (Å²) in [6.07, 6.45) is 12.3. The van der Waals surface area contributed by atoms with Gasteiger partial charge in [-0.15, -0.1) is 0 Å². The fourth-order valence-electron chi connectivity index (χ4n) is 2.82. The number of allylic oxidation sites excluding steroid dienone is 1. The smallest absolute Gasteiger partial charge is 0.279 e. The summed E-state index contributed by atoms with van der Waals surface area (Å²) in [5.74, 6) is -0.255. The topological polar surface area (TPSA) is 92.4 Å². The zero-order valence-electron chi connectivity index (χ0n) is 18.9. The fourth-order valence-corrected chi connectivity index (χ4v) is 3.69. The lowest BCUT2D eigenvalue weighted by molar-refractivity contribution is 0.1000. The van der Waals surface area contributed by atoms with Crippen molar-refractivity contribution in [1.29, 1.82) is 0 Å². The predicted molar refractivity (Wildman–Crippen MR) is 135 cm³/mol. The van der Waals surface area contributed by atoms with Crippen molar-refractivity contribution in [2.45, 2.75) is 48.9 Å². The van der Waals surface area contributed by atoms with Gasteiger partial charge in [0.05, 0.1) is 5.56 Å². The quantitative estimate of drug-likeness (QED) is 0.274. The Kier molecular flexibility index (Phi) is 13.0. The molecule has 0 fully saturated rings. The van der Waals surface area contributed by atoms with Crippen LogP contribution in [0.5, 0.6) is 0 Å². The maximum Gasteiger partial charge on any atom is 0.279 e. The molecular weight excluding hydrogens is 418 g/mol. The van der Waals surface area contributed by atoms with E-state index < -0.39 is 0 Å². The van der Waals surface area contributed by atoms with Crippen LogP contribution in [0.15, 0.2) is 69.8 Å². The van der Waals surface area contributed by atoms with E-state index in [1.165, 1.54) is 17.3 Å². The zero-order valence-corrected chi connectivity index (χ0v) is 19.7. The van der Waals surface area contributed by atoms with Gasteiger partial charge in [0.25, 0.3) is 5.91 Å². The van der Waals surface area contributed by atoms with Gasteiger partial charge in [-0.2, -0.15) is 0 Å². The summed E-state index contributed by atoms with van der Waals surface area (Å²) in [7, 11) is 0. The van der Waals surface area contributed by atoms with Gasteiger partial charge in [0.2, 0.25) is 0 Å². The minimum atomic E-state index is -0.255. The number of nitrogens with zero attached hydrogens (tertiary/aromatic N) is 2. The summed E-state index contributed by atoms with van der Waals surface area (Å²) in [5, 5.41) is 7.35. The van der Waals surface area contributed by atoms with E-state index in [4.69, 9.17) is 5.73 Å². The number of nitrogens with two attached hydrogens (primary N) is 1. The molecule has 4 N–H and O–H groups in total. The molecule has 172 valence electrons. The average Bonchev–Trinajstić information content (AvgIpc) is 2.81. The van der Waals surface area contributed by atoms with Gasteiger partial charge < -0.3 is 16.4 Å². The minimum absolute atomic E-state index is 0.255. The molecule has 0 saturated carbocycles. The van der Waals surface area contributed by atoms with E-state index in [2.05, 4.69) is 45.7 Å². The molecule has 0 unspecified atom stereocenters. The number of aliphatic imine (C=N–C) groups is 1. The molecular formula is C25H35N5OS. The Hall–Kier alpha value is -2.48. The van der Waals surface area contributed by atoms with Crippen LogP contribution in [0.25, 0.3) is 0 Å². The first kappa shape index (κ1) is 25.8. The number of carbonyl (C=O) groups excluding carboxylic acids is 1. The average molecular weight is 454 g/mol. The molecule has 6 nitrogen and oxygen atoms in total. The molecule has 0 atom stereocenters. The number of rotatable bonds is 15. The van der Waals surface area contributed by atoms with Crippen LogP contribution in [0.1, 0.15) is 48.0 Å². The Labute approximate surface area is 196 Å². The molecule has 1 heterocycles. The Balaban J connectivity index is 1.65. The first-order valence-electron chi connectivity index (χ1n) is 11.3. The lowest BCUT2D eigenvalue weighted by atomic mass is 10.2. The lowest BCUT2D eigenvalue weighted by Crippen LogP contribution is -2.20. The monoisotopic (exact) mass is 453 g/mol. The molecule has 1 aromatic heterocycles. The van der Waals surface area contributed by atoms with Crippen LogP contribution in [0.4, 0.5) is 0 Å². The van der Waals surface area contributed by atoms with Crippen molar-refractivity contribution in [1.82, 2.24) is 15.6 Å². The van der Waals surface area contributed by atoms with E-state index in [0.717, 1.165) is 63.2 Å². The number of aromatic nitrogens is 1. The summed E-state index contributed by atoms with van der Waals surface area (Å²) in [5.41, 5.74) is 7.19. The highest BCUT2D eigenvalue weighted by Crippen LogP contribution is 2.29. The van der Waals surface area contributed by atoms with Gasteiger partial charge in [-0.3, -0.25) is 4.79 Å². The largest absolute Gasteiger partial charge is 0.391 e. The summed E-state index contributed by atoms with van der Waals surface area (Å²) in [6.45, 7) is 5.80. The normalized spacial score (nSPS) is 11.4. The number of nitrogens with one attached hydrogen (secondary N) is 2. The number of carbonyl (C=O) groups is 1. The van der Waals surface area contributed by atoms with Crippen molar-refractivity contribution in [3.8, 4) is 0 Å². The Morgan fingerprint density at radius 3 is 2.69 bits per heavy atom. The molecule has 0 aliphatic heterocycles. The second-order valence-electron chi connectivity index (χ2n) is 7.42. The highest BCUT2D eigenvalue weighted by molar-refractivity contribution is 7.99. The Morgan fingerprint density at radius 2 is 1.88 bits per heavy atom. The van der Waals surface area contributed by atoms with Gasteiger partial charge in [0.1, 0.15) is 5.03 Å². The summed E-state index contributed by atoms with van der Waals surface area (Å²) >= 11 is 1.48. The van der Waals surface area contributed by atoms with Gasteiger partial charge in [0.15, 0.2) is 0 Å². The number of hydrogen-bond donors (Lipinski definition) is 3. The van der Waals surface area contributed by atoms with Crippen LogP contribution in [-0.2, 0) is 0 Å². The van der Waals surface area contributed by atoms with E-state index in [0.29, 0.717) is 10.6 Å². The van der Waals surface area contributed by atoms with Crippen LogP contribution in [-0.4, -0.2) is 43.3 Å². The van der Waals surface area contributed by atoms with E-state index in [-0.39, 0.29) is 5.91 Å². The number of benzene rings is 1. The summed E-state index contributed by atoms with van der Waals surface area (Å²) < 4.78 is 0. The number of pyridine rings is 1. The number of hydrogen-bond acceptors (Lipinski definition) is 6. The molecule has 0 radical (unpaired) electrons. The molecule has 0 aliphatic rings. The van der Waals surface area contributed by atoms with Crippen LogP contribution >= 0.6 is 11.8 Å². The van der Waals surface area contributed by atoms with Crippen molar-refractivity contribution in [2.24, 2.45) is 10.7 Å². The SMILES string of the molecule is Cc1ccc(Sc2ncccc2C(=O)N=CCCC=CNCCCCNCCCN)cc1. The molecule has 2 rings (SSSR count). The van der Waals surface area contributed by atoms with Crippen molar-refractivity contribution in [3.63, 3.8) is 0 Å². The fraction of sp³-hybridized carbons (Fsp3) is 0.400. The molecule has 0 saturated heterocycles. The first-order valence-corrected chi connectivity index (χ1v) is 12.1. The number of aryl methyl sites for hydroxylation is 1. The lowest BCUT2D eigenvalue weighted by Gasteiger charge is -2.05. The van der Waals surface area contributed by atoms with Gasteiger partial charge in [-0.05, 0) is 89.1 Å². The summed E-state index contributed by atoms with van der Waals surface area (Å²) in [6, 6.07) is 11.7. The van der Waals surface area contributed by atoms with Gasteiger partial charge >= 0.3 is 0 Å². The molecule has 7 heteroatoms. The van der Waals surface area contributed by atoms with Crippen molar-refractivity contribution < 1.29 is 4.79 Å². The third-order valence-electron chi connectivity index (χ3n) is 4.63. The first-order chi connectivity index (χ1) is 15.7. The zero-order chi connectivity index (χ0) is 22.9. The Bertz CT molecular complexity index is 852. The highest BCUT2D eigenvalue weighted by Gasteiger charge is 2.12. The molecule has 0 bridgehead atoms. The second kappa shape index (κ2) is 16.2. The van der Waals surface area contributed by atoms with E-state index in [1.807, 2.05) is 18.3 Å². The van der Waals surface area contributed by atoms with Crippen LogP contribution < -0.4 is 16.4 Å². The molecule has 1 aromatic carbocycles. The minimum Gasteiger partial charge on any atom is -0.391 e. The third kappa shape index (κ3) is 10.7. The van der Waals surface area contributed by atoms with Gasteiger partial charge in [-0.1, -0.05) is 35.5 Å². The highest BCUT2D eigenvalue weighted by atomic mass is 32.2. The van der Waals surface area contributed by atoms with E-state index in [9.17, 15) is 4.79 Å². The van der Waals surface area contributed by atoms with E-state index >= 15 is 0 Å². The predicted octanol–water partition coefficient (Wildman–Crippen LogP) is 4.35. The van der Waals surface area contributed by atoms with Gasteiger partial charge in [0, 0.05) is 23.9 Å². The molecule has 1 amide bonds. The van der Waals surface area contributed by atoms with Crippen LogP contribution in [0, 0.1) is 6.92 Å². The molecule has 0 spiro atoms. The molecule has 32 heavy (non-hydrogen) atoms. The second-order valence-corrected chi connectivity index (χ2v) is 8.48. The standard InChI is InChI=1S/C25H35N5OS/c1-21-10-12-22(13-11-21)32-25-23(9-7-20-30-25)24(31)29-19-4-2-3-15-27-16-5-6-17-28-18-8-14-26/h3,7,9-13,15,19-20,27-28H,2,4-6,8,14,16-18,26H2,1H3. The Morgan fingerprint density at radius 1 is 1.09 bits per heavy atom. The number of amides is 1. The van der Waals surface area contributed by atoms with Crippen molar-refractivity contribution in [2.75, 3.05) is 26.2 Å². The van der Waals surface area contributed by atoms with E-state index in [1.54, 1.807) is 24.5 Å². The molecule has 0 aliphatic carbocycles. The van der Waals surface area contributed by atoms with Gasteiger partial charge in [-0.25, -0.2) is 9.98 Å².